The van der Waals surface area contributed by atoms with E-state index in [1.54, 1.807) is 0 Å². The van der Waals surface area contributed by atoms with E-state index < -0.39 is 0 Å². The van der Waals surface area contributed by atoms with Gasteiger partial charge in [0.15, 0.2) is 0 Å². The summed E-state index contributed by atoms with van der Waals surface area (Å²) in [6.07, 6.45) is 1.82. The quantitative estimate of drug-likeness (QED) is 0.644. The molecule has 0 amide bonds. The van der Waals surface area contributed by atoms with E-state index in [9.17, 15) is 0 Å². The van der Waals surface area contributed by atoms with Crippen LogP contribution in [-0.2, 0) is 0 Å². The zero-order valence-corrected chi connectivity index (χ0v) is 8.83. The summed E-state index contributed by atoms with van der Waals surface area (Å²) >= 11 is 0. The Morgan fingerprint density at radius 3 is 2.73 bits per heavy atom. The maximum atomic E-state index is 4.22. The number of nitrogens with one attached hydrogen (secondary N) is 1. The highest BCUT2D eigenvalue weighted by Gasteiger charge is 1.91. The van der Waals surface area contributed by atoms with E-state index in [1.807, 2.05) is 25.3 Å². The van der Waals surface area contributed by atoms with Crippen LogP contribution in [0, 0.1) is 25.7 Å². The highest BCUT2D eigenvalue weighted by Crippen LogP contribution is 2.02. The normalized spacial score (nSPS) is 9.47. The number of rotatable bonds is 0. The van der Waals surface area contributed by atoms with Crippen LogP contribution in [0.3, 0.4) is 0 Å². The summed E-state index contributed by atoms with van der Waals surface area (Å²) in [5, 5.41) is 0. The van der Waals surface area contributed by atoms with Crippen molar-refractivity contribution in [3.8, 4) is 11.8 Å². The fourth-order valence-corrected chi connectivity index (χ4v) is 1.34. The van der Waals surface area contributed by atoms with Gasteiger partial charge in [-0.05, 0) is 37.5 Å². The molecule has 74 valence electrons. The maximum absolute atomic E-state index is 4.22. The molecule has 0 saturated carbocycles. The van der Waals surface area contributed by atoms with Crippen molar-refractivity contribution in [2.24, 2.45) is 0 Å². The largest absolute Gasteiger partial charge is 0.348 e. The summed E-state index contributed by atoms with van der Waals surface area (Å²) < 4.78 is 0. The Morgan fingerprint density at radius 1 is 1.20 bits per heavy atom. The van der Waals surface area contributed by atoms with Crippen LogP contribution in [0.25, 0.3) is 0 Å². The molecule has 0 fully saturated rings. The monoisotopic (exact) mass is 196 g/mol. The van der Waals surface area contributed by atoms with Crippen LogP contribution in [0.4, 0.5) is 0 Å². The van der Waals surface area contributed by atoms with Gasteiger partial charge >= 0.3 is 0 Å². The van der Waals surface area contributed by atoms with E-state index in [1.165, 1.54) is 5.56 Å². The molecule has 0 unspecified atom stereocenters. The molecule has 2 aromatic rings. The number of hydrogen-bond donors (Lipinski definition) is 1. The molecular formula is C13H12N2. The molecule has 2 nitrogen and oxygen atoms in total. The zero-order chi connectivity index (χ0) is 10.7. The van der Waals surface area contributed by atoms with Crippen LogP contribution in [-0.4, -0.2) is 9.97 Å². The zero-order valence-electron chi connectivity index (χ0n) is 8.83. The standard InChI is InChI=1S/C13H12N2/c1-10-4-3-5-12(8-10)6-7-13-9-14-11(2)15-13/h3-5,8-9H,1-2H3,(H,14,15). The summed E-state index contributed by atoms with van der Waals surface area (Å²) in [5.74, 6) is 6.99. The highest BCUT2D eigenvalue weighted by molar-refractivity contribution is 5.41. The number of aromatic amines is 1. The maximum Gasteiger partial charge on any atom is 0.131 e. The van der Waals surface area contributed by atoms with Gasteiger partial charge in [-0.2, -0.15) is 0 Å². The van der Waals surface area contributed by atoms with Crippen LogP contribution in [0.2, 0.25) is 0 Å². The van der Waals surface area contributed by atoms with E-state index in [0.717, 1.165) is 17.1 Å². The molecule has 1 N–H and O–H groups in total. The van der Waals surface area contributed by atoms with E-state index in [4.69, 9.17) is 0 Å². The Morgan fingerprint density at radius 2 is 2.07 bits per heavy atom. The summed E-state index contributed by atoms with van der Waals surface area (Å²) in [4.78, 5) is 7.22. The van der Waals surface area contributed by atoms with E-state index >= 15 is 0 Å². The Bertz CT molecular complexity index is 527. The van der Waals surface area contributed by atoms with Gasteiger partial charge < -0.3 is 4.98 Å². The van der Waals surface area contributed by atoms with Gasteiger partial charge in [0.25, 0.3) is 0 Å². The van der Waals surface area contributed by atoms with Gasteiger partial charge in [-0.1, -0.05) is 18.1 Å². The molecule has 0 spiro atoms. The van der Waals surface area contributed by atoms with Crippen LogP contribution in [0.5, 0.6) is 0 Å². The van der Waals surface area contributed by atoms with Crippen LogP contribution in [0.15, 0.2) is 30.5 Å². The average Bonchev–Trinajstić information content (AvgIpc) is 2.62. The van der Waals surface area contributed by atoms with Crippen molar-refractivity contribution in [1.82, 2.24) is 9.97 Å². The fraction of sp³-hybridized carbons (Fsp3) is 0.154. The number of aryl methyl sites for hydroxylation is 2. The Kier molecular flexibility index (Phi) is 2.55. The predicted molar refractivity (Wildman–Crippen MR) is 60.5 cm³/mol. The average molecular weight is 196 g/mol. The van der Waals surface area contributed by atoms with Gasteiger partial charge in [0.2, 0.25) is 0 Å². The third-order valence-corrected chi connectivity index (χ3v) is 2.06. The first-order valence-corrected chi connectivity index (χ1v) is 4.85. The minimum Gasteiger partial charge on any atom is -0.348 e. The Labute approximate surface area is 89.4 Å². The molecule has 0 radical (unpaired) electrons. The summed E-state index contributed by atoms with van der Waals surface area (Å²) in [5.41, 5.74) is 3.03. The third kappa shape index (κ3) is 2.47. The lowest BCUT2D eigenvalue weighted by Gasteiger charge is -1.91. The summed E-state index contributed by atoms with van der Waals surface area (Å²) in [6, 6.07) is 8.13. The van der Waals surface area contributed by atoms with Gasteiger partial charge in [-0.25, -0.2) is 4.98 Å². The second-order valence-corrected chi connectivity index (χ2v) is 3.49. The van der Waals surface area contributed by atoms with E-state index in [-0.39, 0.29) is 0 Å². The van der Waals surface area contributed by atoms with Crippen molar-refractivity contribution in [2.75, 3.05) is 0 Å². The number of H-pyrrole nitrogens is 1. The molecule has 2 heteroatoms. The van der Waals surface area contributed by atoms with Crippen LogP contribution < -0.4 is 0 Å². The molecule has 2 rings (SSSR count). The van der Waals surface area contributed by atoms with Crippen molar-refractivity contribution in [3.05, 3.63) is 53.1 Å². The van der Waals surface area contributed by atoms with E-state index in [0.29, 0.717) is 0 Å². The van der Waals surface area contributed by atoms with Crippen molar-refractivity contribution in [3.63, 3.8) is 0 Å². The van der Waals surface area contributed by atoms with Gasteiger partial charge in [-0.3, -0.25) is 0 Å². The predicted octanol–water partition coefficient (Wildman–Crippen LogP) is 2.43. The molecule has 0 atom stereocenters. The van der Waals surface area contributed by atoms with Crippen LogP contribution in [0.1, 0.15) is 22.6 Å². The van der Waals surface area contributed by atoms with Crippen molar-refractivity contribution in [2.45, 2.75) is 13.8 Å². The molecule has 1 aromatic carbocycles. The number of hydrogen-bond acceptors (Lipinski definition) is 1. The molecular weight excluding hydrogens is 184 g/mol. The first-order chi connectivity index (χ1) is 7.24. The first-order valence-electron chi connectivity index (χ1n) is 4.85. The van der Waals surface area contributed by atoms with Gasteiger partial charge in [0.05, 0.1) is 0 Å². The number of imidazole rings is 1. The van der Waals surface area contributed by atoms with E-state index in [2.05, 4.69) is 40.9 Å². The molecule has 0 saturated heterocycles. The third-order valence-electron chi connectivity index (χ3n) is 2.06. The topological polar surface area (TPSA) is 28.7 Å². The lowest BCUT2D eigenvalue weighted by Crippen LogP contribution is -1.78. The molecule has 0 bridgehead atoms. The number of aromatic nitrogens is 2. The molecule has 15 heavy (non-hydrogen) atoms. The lowest BCUT2D eigenvalue weighted by atomic mass is 10.1. The number of benzene rings is 1. The first kappa shape index (κ1) is 9.54. The van der Waals surface area contributed by atoms with Crippen molar-refractivity contribution >= 4 is 0 Å². The molecule has 0 aliphatic heterocycles. The highest BCUT2D eigenvalue weighted by atomic mass is 14.9. The van der Waals surface area contributed by atoms with Gasteiger partial charge in [0.1, 0.15) is 11.5 Å². The summed E-state index contributed by atoms with van der Waals surface area (Å²) in [7, 11) is 0. The fourth-order valence-electron chi connectivity index (χ4n) is 1.34. The van der Waals surface area contributed by atoms with Crippen LogP contribution >= 0.6 is 0 Å². The Balaban J connectivity index is 2.25. The van der Waals surface area contributed by atoms with Crippen molar-refractivity contribution in [1.29, 1.82) is 0 Å². The minimum absolute atomic E-state index is 0.786. The molecule has 1 heterocycles. The van der Waals surface area contributed by atoms with Crippen molar-refractivity contribution < 1.29 is 0 Å². The Hall–Kier alpha value is -2.01. The molecule has 1 aromatic heterocycles. The summed E-state index contributed by atoms with van der Waals surface area (Å²) in [6.45, 7) is 3.97. The number of nitrogens with zero attached hydrogens (tertiary/aromatic N) is 1. The van der Waals surface area contributed by atoms with Gasteiger partial charge in [0, 0.05) is 11.8 Å². The minimum atomic E-state index is 0.786. The molecule has 0 aliphatic rings. The molecule has 0 aliphatic carbocycles. The van der Waals surface area contributed by atoms with Gasteiger partial charge in [-0.15, -0.1) is 0 Å². The SMILES string of the molecule is Cc1cccc(C#Cc2c[nH]c(C)n2)c1. The second kappa shape index (κ2) is 4.02. The second-order valence-electron chi connectivity index (χ2n) is 3.49. The smallest absolute Gasteiger partial charge is 0.131 e. The lowest BCUT2D eigenvalue weighted by molar-refractivity contribution is 1.14.